The minimum atomic E-state index is -0.301. The molecule has 0 unspecified atom stereocenters. The molecule has 2 aliphatic heterocycles. The first-order valence-corrected chi connectivity index (χ1v) is 8.36. The van der Waals surface area contributed by atoms with Gasteiger partial charge in [0, 0.05) is 30.1 Å². The Hall–Kier alpha value is -3.44. The molecule has 0 fully saturated rings. The molecule has 1 amide bonds. The average molecular weight is 342 g/mol. The fourth-order valence-electron chi connectivity index (χ4n) is 2.91. The highest BCUT2D eigenvalue weighted by molar-refractivity contribution is 6.18. The number of aliphatic imine (C=N–C) groups is 1. The summed E-state index contributed by atoms with van der Waals surface area (Å²) in [5.41, 5.74) is 3.14. The number of benzene rings is 2. The van der Waals surface area contributed by atoms with E-state index in [9.17, 15) is 4.79 Å². The van der Waals surface area contributed by atoms with E-state index in [1.165, 1.54) is 5.56 Å². The first kappa shape index (κ1) is 16.1. The maximum absolute atomic E-state index is 12.5. The smallest absolute Gasteiger partial charge is 0.293 e. The van der Waals surface area contributed by atoms with Crippen LogP contribution in [0.4, 0.5) is 0 Å². The molecule has 2 N–H and O–H groups in total. The van der Waals surface area contributed by atoms with Crippen LogP contribution in [0.25, 0.3) is 0 Å². The lowest BCUT2D eigenvalue weighted by Crippen LogP contribution is -2.39. The van der Waals surface area contributed by atoms with E-state index in [2.05, 4.69) is 22.0 Å². The summed E-state index contributed by atoms with van der Waals surface area (Å²) in [7, 11) is 0. The Morgan fingerprint density at radius 1 is 0.885 bits per heavy atom. The predicted molar refractivity (Wildman–Crippen MR) is 101 cm³/mol. The lowest BCUT2D eigenvalue weighted by atomic mass is 10.1. The number of nitrogens with two attached hydrogens (primary N) is 1. The quantitative estimate of drug-likeness (QED) is 0.530. The van der Waals surface area contributed by atoms with E-state index < -0.39 is 0 Å². The standard InChI is InChI=1S/C21H18N4O/c22-25-20(18-9-5-2-6-10-18)23-19(21(25)26)17-11-13-24(14-12-17)15-16-7-3-1-4-8-16/h1-14H,15,22H2. The zero-order valence-corrected chi connectivity index (χ0v) is 14.1. The second-order valence-corrected chi connectivity index (χ2v) is 6.07. The lowest BCUT2D eigenvalue weighted by molar-refractivity contribution is -0.122. The Labute approximate surface area is 152 Å². The number of carbonyl (C=O) groups is 1. The summed E-state index contributed by atoms with van der Waals surface area (Å²) in [4.78, 5) is 19.0. The van der Waals surface area contributed by atoms with Crippen molar-refractivity contribution in [3.8, 4) is 0 Å². The van der Waals surface area contributed by atoms with Gasteiger partial charge in [-0.1, -0.05) is 60.7 Å². The van der Waals surface area contributed by atoms with Gasteiger partial charge in [-0.25, -0.2) is 15.8 Å². The summed E-state index contributed by atoms with van der Waals surface area (Å²) in [5, 5.41) is 1.11. The number of amidine groups is 1. The number of hydrogen-bond acceptors (Lipinski definition) is 4. The van der Waals surface area contributed by atoms with E-state index in [1.807, 2.05) is 73.1 Å². The van der Waals surface area contributed by atoms with Crippen LogP contribution >= 0.6 is 0 Å². The molecule has 26 heavy (non-hydrogen) atoms. The van der Waals surface area contributed by atoms with Gasteiger partial charge in [-0.2, -0.15) is 0 Å². The van der Waals surface area contributed by atoms with Crippen molar-refractivity contribution in [3.63, 3.8) is 0 Å². The van der Waals surface area contributed by atoms with Gasteiger partial charge in [0.25, 0.3) is 5.91 Å². The Balaban J connectivity index is 1.58. The van der Waals surface area contributed by atoms with Crippen molar-refractivity contribution in [3.05, 3.63) is 108 Å². The molecule has 0 bridgehead atoms. The Morgan fingerprint density at radius 3 is 2.15 bits per heavy atom. The third-order valence-electron chi connectivity index (χ3n) is 4.27. The van der Waals surface area contributed by atoms with Crippen molar-refractivity contribution < 1.29 is 4.79 Å². The van der Waals surface area contributed by atoms with Crippen LogP contribution in [0.5, 0.6) is 0 Å². The van der Waals surface area contributed by atoms with E-state index in [0.717, 1.165) is 22.7 Å². The number of nitrogens with zero attached hydrogens (tertiary/aromatic N) is 3. The number of amides is 1. The highest BCUT2D eigenvalue weighted by atomic mass is 16.2. The maximum Gasteiger partial charge on any atom is 0.293 e. The van der Waals surface area contributed by atoms with Crippen molar-refractivity contribution in [2.75, 3.05) is 0 Å². The van der Waals surface area contributed by atoms with Gasteiger partial charge in [0.2, 0.25) is 0 Å². The first-order chi connectivity index (χ1) is 12.7. The van der Waals surface area contributed by atoms with E-state index in [1.54, 1.807) is 0 Å². The summed E-state index contributed by atoms with van der Waals surface area (Å²) < 4.78 is 0. The molecular formula is C21H18N4O. The molecule has 5 nitrogen and oxygen atoms in total. The van der Waals surface area contributed by atoms with Crippen molar-refractivity contribution in [2.24, 2.45) is 10.8 Å². The van der Waals surface area contributed by atoms with Crippen LogP contribution in [-0.4, -0.2) is 21.7 Å². The zero-order chi connectivity index (χ0) is 17.9. The zero-order valence-electron chi connectivity index (χ0n) is 14.1. The fraction of sp³-hybridized carbons (Fsp3) is 0.0476. The van der Waals surface area contributed by atoms with Crippen molar-refractivity contribution in [1.82, 2.24) is 9.91 Å². The van der Waals surface area contributed by atoms with Gasteiger partial charge in [0.15, 0.2) is 5.84 Å². The number of carbonyl (C=O) groups excluding carboxylic acids is 1. The molecule has 2 aromatic rings. The Kier molecular flexibility index (Phi) is 4.21. The molecule has 0 saturated heterocycles. The molecule has 5 heteroatoms. The van der Waals surface area contributed by atoms with E-state index in [0.29, 0.717) is 11.5 Å². The SMILES string of the molecule is NN1C(=O)C(=C2C=CN(Cc3ccccc3)C=C2)N=C1c1ccccc1. The van der Waals surface area contributed by atoms with Crippen LogP contribution in [0.3, 0.4) is 0 Å². The lowest BCUT2D eigenvalue weighted by Gasteiger charge is -2.19. The summed E-state index contributed by atoms with van der Waals surface area (Å²) in [6, 6.07) is 19.7. The largest absolute Gasteiger partial charge is 0.350 e. The first-order valence-electron chi connectivity index (χ1n) is 8.36. The number of hydrogen-bond donors (Lipinski definition) is 1. The molecule has 4 rings (SSSR count). The van der Waals surface area contributed by atoms with Gasteiger partial charge in [-0.15, -0.1) is 0 Å². The third-order valence-corrected chi connectivity index (χ3v) is 4.27. The van der Waals surface area contributed by atoms with Gasteiger partial charge in [-0.3, -0.25) is 4.79 Å². The van der Waals surface area contributed by atoms with Crippen LogP contribution in [0.15, 0.2) is 101 Å². The highest BCUT2D eigenvalue weighted by Crippen LogP contribution is 2.23. The maximum atomic E-state index is 12.5. The van der Waals surface area contributed by atoms with Gasteiger partial charge in [-0.05, 0) is 17.7 Å². The van der Waals surface area contributed by atoms with E-state index >= 15 is 0 Å². The minimum Gasteiger partial charge on any atom is -0.350 e. The van der Waals surface area contributed by atoms with Crippen molar-refractivity contribution >= 4 is 11.7 Å². The molecule has 0 atom stereocenters. The number of allylic oxidation sites excluding steroid dienone is 3. The van der Waals surface area contributed by atoms with Crippen LogP contribution in [0.1, 0.15) is 11.1 Å². The fourth-order valence-corrected chi connectivity index (χ4v) is 2.91. The normalized spacial score (nSPS) is 16.5. The van der Waals surface area contributed by atoms with Crippen LogP contribution in [0.2, 0.25) is 0 Å². The van der Waals surface area contributed by atoms with Gasteiger partial charge >= 0.3 is 0 Å². The molecule has 0 radical (unpaired) electrons. The molecule has 2 aliphatic rings. The molecule has 0 aliphatic carbocycles. The summed E-state index contributed by atoms with van der Waals surface area (Å²) in [5.74, 6) is 6.10. The second kappa shape index (κ2) is 6.82. The van der Waals surface area contributed by atoms with Gasteiger partial charge in [0.05, 0.1) is 0 Å². The summed E-state index contributed by atoms with van der Waals surface area (Å²) in [6.07, 6.45) is 7.67. The predicted octanol–water partition coefficient (Wildman–Crippen LogP) is 2.95. The molecule has 128 valence electrons. The van der Waals surface area contributed by atoms with Crippen LogP contribution in [-0.2, 0) is 11.3 Å². The molecule has 2 aromatic carbocycles. The average Bonchev–Trinajstić information content (AvgIpc) is 2.99. The molecule has 0 aromatic heterocycles. The number of hydrazine groups is 1. The Morgan fingerprint density at radius 2 is 1.50 bits per heavy atom. The molecular weight excluding hydrogens is 324 g/mol. The minimum absolute atomic E-state index is 0.301. The van der Waals surface area contributed by atoms with Crippen molar-refractivity contribution in [1.29, 1.82) is 0 Å². The summed E-state index contributed by atoms with van der Waals surface area (Å²) in [6.45, 7) is 0.770. The van der Waals surface area contributed by atoms with Gasteiger partial charge < -0.3 is 4.90 Å². The van der Waals surface area contributed by atoms with Crippen LogP contribution in [0, 0.1) is 0 Å². The third kappa shape index (κ3) is 3.08. The van der Waals surface area contributed by atoms with E-state index in [-0.39, 0.29) is 5.91 Å². The van der Waals surface area contributed by atoms with Crippen LogP contribution < -0.4 is 5.84 Å². The monoisotopic (exact) mass is 342 g/mol. The number of rotatable bonds is 3. The van der Waals surface area contributed by atoms with Crippen molar-refractivity contribution in [2.45, 2.75) is 6.54 Å². The topological polar surface area (TPSA) is 61.9 Å². The molecule has 2 heterocycles. The molecule has 0 spiro atoms. The Bertz CT molecular complexity index is 926. The van der Waals surface area contributed by atoms with E-state index in [4.69, 9.17) is 5.84 Å². The van der Waals surface area contributed by atoms with Gasteiger partial charge in [0.1, 0.15) is 5.70 Å². The highest BCUT2D eigenvalue weighted by Gasteiger charge is 2.30. The second-order valence-electron chi connectivity index (χ2n) is 6.07. The molecule has 0 saturated carbocycles. The summed E-state index contributed by atoms with van der Waals surface area (Å²) >= 11 is 0.